The second-order valence-corrected chi connectivity index (χ2v) is 10.1. The molecule has 3 nitrogen and oxygen atoms in total. The summed E-state index contributed by atoms with van der Waals surface area (Å²) in [5, 5.41) is 0. The van der Waals surface area contributed by atoms with Gasteiger partial charge in [-0.1, -0.05) is 20.8 Å². The normalized spacial score (nSPS) is 25.5. The minimum Gasteiger partial charge on any atom is -0.298 e. The van der Waals surface area contributed by atoms with Gasteiger partial charge in [-0.2, -0.15) is 0 Å². The molecule has 1 aliphatic rings. The molecule has 0 radical (unpaired) electrons. The Morgan fingerprint density at radius 1 is 1.24 bits per heavy atom. The van der Waals surface area contributed by atoms with Crippen molar-refractivity contribution >= 4 is 19.9 Å². The molecular formula is C12H26N2OS2. The lowest BCUT2D eigenvalue weighted by atomic mass is 9.88. The van der Waals surface area contributed by atoms with Crippen molar-refractivity contribution in [3.05, 3.63) is 0 Å². The Morgan fingerprint density at radius 3 is 2.06 bits per heavy atom. The van der Waals surface area contributed by atoms with E-state index in [1.54, 1.807) is 6.26 Å². The van der Waals surface area contributed by atoms with Crippen LogP contribution in [0.1, 0.15) is 34.1 Å². The molecule has 0 aliphatic carbocycles. The second-order valence-electron chi connectivity index (χ2n) is 6.31. The van der Waals surface area contributed by atoms with E-state index in [4.69, 9.17) is 11.2 Å². The van der Waals surface area contributed by atoms with Crippen molar-refractivity contribution in [1.29, 1.82) is 0 Å². The van der Waals surface area contributed by atoms with E-state index in [-0.39, 0.29) is 0 Å². The van der Waals surface area contributed by atoms with Gasteiger partial charge in [0.05, 0.1) is 8.68 Å². The predicted molar refractivity (Wildman–Crippen MR) is 78.1 cm³/mol. The van der Waals surface area contributed by atoms with Gasteiger partial charge >= 0.3 is 0 Å². The monoisotopic (exact) mass is 278 g/mol. The molecule has 0 bridgehead atoms. The summed E-state index contributed by atoms with van der Waals surface area (Å²) >= 11 is 5.03. The molecule has 2 unspecified atom stereocenters. The molecule has 1 heterocycles. The van der Waals surface area contributed by atoms with Crippen molar-refractivity contribution in [3.8, 4) is 0 Å². The van der Waals surface area contributed by atoms with Crippen molar-refractivity contribution in [2.45, 2.75) is 40.2 Å². The SMILES string of the molecule is CC(CC(C)(C)C)N1CCN(S(C)(=O)=S)CC1. The number of rotatable bonds is 3. The first-order valence-electron chi connectivity index (χ1n) is 6.29. The highest BCUT2D eigenvalue weighted by atomic mass is 32.8. The number of piperazine rings is 1. The zero-order chi connectivity index (χ0) is 13.3. The third-order valence-electron chi connectivity index (χ3n) is 3.27. The molecule has 5 heteroatoms. The van der Waals surface area contributed by atoms with E-state index < -0.39 is 8.68 Å². The van der Waals surface area contributed by atoms with Crippen LogP contribution in [-0.4, -0.2) is 51.9 Å². The first kappa shape index (κ1) is 15.3. The molecule has 1 aliphatic heterocycles. The van der Waals surface area contributed by atoms with E-state index in [9.17, 15) is 4.21 Å². The van der Waals surface area contributed by atoms with E-state index in [1.165, 1.54) is 6.42 Å². The molecule has 0 N–H and O–H groups in total. The van der Waals surface area contributed by atoms with E-state index in [0.717, 1.165) is 26.2 Å². The van der Waals surface area contributed by atoms with Crippen molar-refractivity contribution < 1.29 is 4.21 Å². The lowest BCUT2D eigenvalue weighted by Crippen LogP contribution is -2.51. The molecule has 0 aromatic carbocycles. The van der Waals surface area contributed by atoms with Crippen LogP contribution in [0.3, 0.4) is 0 Å². The fraction of sp³-hybridized carbons (Fsp3) is 1.00. The number of hydrogen-bond acceptors (Lipinski definition) is 3. The van der Waals surface area contributed by atoms with Gasteiger partial charge in [0.1, 0.15) is 0 Å². The number of nitrogens with zero attached hydrogens (tertiary/aromatic N) is 2. The van der Waals surface area contributed by atoms with Crippen molar-refractivity contribution in [3.63, 3.8) is 0 Å². The molecule has 2 atom stereocenters. The van der Waals surface area contributed by atoms with Crippen molar-refractivity contribution in [2.75, 3.05) is 32.4 Å². The second kappa shape index (κ2) is 5.51. The molecule has 1 fully saturated rings. The smallest absolute Gasteiger partial charge is 0.0893 e. The zero-order valence-corrected chi connectivity index (χ0v) is 13.4. The summed E-state index contributed by atoms with van der Waals surface area (Å²) in [5.41, 5.74) is 0.368. The van der Waals surface area contributed by atoms with Gasteiger partial charge in [-0.3, -0.25) is 4.90 Å². The van der Waals surface area contributed by atoms with E-state index >= 15 is 0 Å². The highest BCUT2D eigenvalue weighted by Crippen LogP contribution is 2.24. The summed E-state index contributed by atoms with van der Waals surface area (Å²) < 4.78 is 13.7. The average molecular weight is 278 g/mol. The van der Waals surface area contributed by atoms with Crippen LogP contribution in [0, 0.1) is 5.41 Å². The number of hydrogen-bond donors (Lipinski definition) is 0. The standard InChI is InChI=1S/C12H26N2OS2/c1-11(10-12(2,3)4)13-6-8-14(9-7-13)17(5,15)16/h11H,6-10H2,1-5H3. The molecular weight excluding hydrogens is 252 g/mol. The molecule has 0 aromatic rings. The zero-order valence-electron chi connectivity index (χ0n) is 11.7. The Kier molecular flexibility index (Phi) is 4.97. The molecule has 0 spiro atoms. The first-order chi connectivity index (χ1) is 7.59. The summed E-state index contributed by atoms with van der Waals surface area (Å²) in [6.45, 7) is 12.8. The molecule has 102 valence electrons. The lowest BCUT2D eigenvalue weighted by Gasteiger charge is -2.39. The topological polar surface area (TPSA) is 23.6 Å². The maximum Gasteiger partial charge on any atom is 0.0893 e. The molecule has 0 aromatic heterocycles. The van der Waals surface area contributed by atoms with Crippen molar-refractivity contribution in [1.82, 2.24) is 9.21 Å². The minimum absolute atomic E-state index is 0.368. The first-order valence-corrected chi connectivity index (χ1v) is 9.13. The van der Waals surface area contributed by atoms with Crippen LogP contribution >= 0.6 is 0 Å². The van der Waals surface area contributed by atoms with Gasteiger partial charge in [0.25, 0.3) is 0 Å². The van der Waals surface area contributed by atoms with Gasteiger partial charge in [0, 0.05) is 38.5 Å². The Morgan fingerprint density at radius 2 is 1.71 bits per heavy atom. The average Bonchev–Trinajstić information content (AvgIpc) is 2.14. The maximum absolute atomic E-state index is 11.8. The lowest BCUT2D eigenvalue weighted by molar-refractivity contribution is 0.119. The third kappa shape index (κ3) is 5.20. The van der Waals surface area contributed by atoms with Crippen molar-refractivity contribution in [2.24, 2.45) is 5.41 Å². The Bertz CT molecular complexity index is 338. The van der Waals surface area contributed by atoms with Crippen LogP contribution in [0.5, 0.6) is 0 Å². The molecule has 0 amide bonds. The Labute approximate surface area is 111 Å². The summed E-state index contributed by atoms with van der Waals surface area (Å²) in [6.07, 6.45) is 2.86. The van der Waals surface area contributed by atoms with Gasteiger partial charge in [-0.15, -0.1) is 0 Å². The van der Waals surface area contributed by atoms with Crippen LogP contribution in [0.4, 0.5) is 0 Å². The highest BCUT2D eigenvalue weighted by molar-refractivity contribution is 8.31. The Balaban J connectivity index is 2.47. The van der Waals surface area contributed by atoms with E-state index in [2.05, 4.69) is 32.6 Å². The van der Waals surface area contributed by atoms with Crippen LogP contribution < -0.4 is 0 Å². The highest BCUT2D eigenvalue weighted by Gasteiger charge is 2.26. The van der Waals surface area contributed by atoms with Gasteiger partial charge in [-0.05, 0) is 29.9 Å². The quantitative estimate of drug-likeness (QED) is 0.785. The fourth-order valence-electron chi connectivity index (χ4n) is 2.49. The summed E-state index contributed by atoms with van der Waals surface area (Å²) in [6, 6.07) is 0.593. The predicted octanol–water partition coefficient (Wildman–Crippen LogP) is 1.72. The molecule has 1 rings (SSSR count). The van der Waals surface area contributed by atoms with Gasteiger partial charge in [0.15, 0.2) is 0 Å². The largest absolute Gasteiger partial charge is 0.298 e. The summed E-state index contributed by atoms with van der Waals surface area (Å²) in [5.74, 6) is 0. The van der Waals surface area contributed by atoms with Gasteiger partial charge in [-0.25, -0.2) is 8.51 Å². The summed E-state index contributed by atoms with van der Waals surface area (Å²) in [4.78, 5) is 2.49. The van der Waals surface area contributed by atoms with E-state index in [0.29, 0.717) is 11.5 Å². The van der Waals surface area contributed by atoms with Crippen LogP contribution in [0.2, 0.25) is 0 Å². The van der Waals surface area contributed by atoms with Gasteiger partial charge in [0.2, 0.25) is 0 Å². The summed E-state index contributed by atoms with van der Waals surface area (Å²) in [7, 11) is -2.17. The maximum atomic E-state index is 11.8. The molecule has 17 heavy (non-hydrogen) atoms. The minimum atomic E-state index is -2.17. The molecule has 0 saturated carbocycles. The molecule has 1 saturated heterocycles. The van der Waals surface area contributed by atoms with E-state index in [1.807, 2.05) is 4.31 Å². The third-order valence-corrected chi connectivity index (χ3v) is 5.21. The van der Waals surface area contributed by atoms with Gasteiger partial charge < -0.3 is 0 Å². The Hall–Kier alpha value is 0.290. The van der Waals surface area contributed by atoms with Crippen LogP contribution in [-0.2, 0) is 19.9 Å². The van der Waals surface area contributed by atoms with Crippen LogP contribution in [0.15, 0.2) is 0 Å². The van der Waals surface area contributed by atoms with Crippen LogP contribution in [0.25, 0.3) is 0 Å². The fourth-order valence-corrected chi connectivity index (χ4v) is 3.77.